The molecule has 0 saturated carbocycles. The molecule has 4 heterocycles. The number of aliphatic hydroxyl groups is 3. The maximum Gasteiger partial charge on any atom is 0.326 e. The zero-order valence-electron chi connectivity index (χ0n) is 30.0. The van der Waals surface area contributed by atoms with Crippen molar-refractivity contribution in [1.82, 2.24) is 25.0 Å². The molecule has 306 valence electrons. The maximum atomic E-state index is 13.3. The number of carbonyl (C=O) groups excluding carboxylic acids is 1. The van der Waals surface area contributed by atoms with E-state index in [1.54, 1.807) is 20.0 Å². The average molecular weight is 803 g/mol. The van der Waals surface area contributed by atoms with Crippen molar-refractivity contribution in [2.75, 3.05) is 26.4 Å². The van der Waals surface area contributed by atoms with Gasteiger partial charge in [0.15, 0.2) is 18.0 Å². The standard InChI is InChI=1S/C32H47FN8O13S/c1-32(2)53-27-20(12-23(42)38-18(29(46)47)4-3-9-36-31(34)35)51-22(28(27)54-32)14-37-55(48,49)17-7-5-16(6-8-17)19-15-41(40-39-19)10-11-50-30-26(45)25(44)24(43)21(13-33)52-30/h5-8,15,18,20-22,24-28,30,37,43-45H,3-4,9-14H2,1-2H3,(H,38,42)(H,46,47)(H4,34,35,36)/t18-,20+,21+,22+,24+,25-,26+,27-,28+,30+/m0/s1. The first-order valence-corrected chi connectivity index (χ1v) is 18.9. The van der Waals surface area contributed by atoms with E-state index in [-0.39, 0.29) is 49.9 Å². The fourth-order valence-corrected chi connectivity index (χ4v) is 7.41. The molecule has 5 rings (SSSR count). The number of nitrogens with one attached hydrogen (secondary N) is 2. The minimum Gasteiger partial charge on any atom is -0.480 e. The Bertz CT molecular complexity index is 1760. The van der Waals surface area contributed by atoms with Gasteiger partial charge >= 0.3 is 5.97 Å². The summed E-state index contributed by atoms with van der Waals surface area (Å²) in [4.78, 5) is 28.4. The van der Waals surface area contributed by atoms with Gasteiger partial charge in [-0.3, -0.25) is 9.79 Å². The number of hydrogen-bond acceptors (Lipinski definition) is 15. The number of fused-ring (bicyclic) bond motifs is 1. The smallest absolute Gasteiger partial charge is 0.326 e. The number of aliphatic hydroxyl groups excluding tert-OH is 3. The molecular weight excluding hydrogens is 755 g/mol. The van der Waals surface area contributed by atoms with E-state index in [0.717, 1.165) is 0 Å². The summed E-state index contributed by atoms with van der Waals surface area (Å²) in [6.07, 6.45) is -9.04. The van der Waals surface area contributed by atoms with E-state index in [1.807, 2.05) is 0 Å². The number of carbonyl (C=O) groups is 2. The number of aromatic nitrogens is 3. The highest BCUT2D eigenvalue weighted by atomic mass is 32.2. The number of nitrogens with two attached hydrogens (primary N) is 2. The highest BCUT2D eigenvalue weighted by Gasteiger charge is 2.55. The van der Waals surface area contributed by atoms with Gasteiger partial charge in [0.1, 0.15) is 61.1 Å². The second-order valence-electron chi connectivity index (χ2n) is 13.7. The molecule has 0 spiro atoms. The fourth-order valence-electron chi connectivity index (χ4n) is 6.36. The van der Waals surface area contributed by atoms with E-state index in [0.29, 0.717) is 17.7 Å². The van der Waals surface area contributed by atoms with E-state index < -0.39 is 95.5 Å². The minimum atomic E-state index is -4.06. The quantitative estimate of drug-likeness (QED) is 0.0432. The van der Waals surface area contributed by atoms with Crippen LogP contribution in [0, 0.1) is 0 Å². The minimum absolute atomic E-state index is 0.0593. The summed E-state index contributed by atoms with van der Waals surface area (Å²) in [6, 6.07) is 4.63. The van der Waals surface area contributed by atoms with Gasteiger partial charge in [-0.2, -0.15) is 0 Å². The molecule has 1 amide bonds. The third-order valence-corrected chi connectivity index (χ3v) is 10.5. The molecule has 10 atom stereocenters. The van der Waals surface area contributed by atoms with Crippen LogP contribution in [0.1, 0.15) is 33.1 Å². The number of hydrogen-bond donors (Lipinski definition) is 8. The second kappa shape index (κ2) is 17.9. The van der Waals surface area contributed by atoms with Crippen molar-refractivity contribution in [1.29, 1.82) is 0 Å². The van der Waals surface area contributed by atoms with Crippen molar-refractivity contribution in [3.8, 4) is 11.3 Å². The molecule has 0 radical (unpaired) electrons. The molecule has 3 aliphatic heterocycles. The molecule has 10 N–H and O–H groups in total. The van der Waals surface area contributed by atoms with Crippen molar-refractivity contribution < 1.29 is 66.5 Å². The number of ether oxygens (including phenoxy) is 5. The predicted octanol–water partition coefficient (Wildman–Crippen LogP) is -2.68. The Hall–Kier alpha value is -3.91. The zero-order valence-corrected chi connectivity index (χ0v) is 30.8. The highest BCUT2D eigenvalue weighted by molar-refractivity contribution is 7.89. The second-order valence-corrected chi connectivity index (χ2v) is 15.4. The Labute approximate surface area is 315 Å². The Morgan fingerprint density at radius 2 is 1.75 bits per heavy atom. The lowest BCUT2D eigenvalue weighted by Crippen LogP contribution is -2.58. The molecule has 3 saturated heterocycles. The number of carboxylic acid groups (broad SMARTS) is 1. The summed E-state index contributed by atoms with van der Waals surface area (Å²) in [5.41, 5.74) is 11.5. The van der Waals surface area contributed by atoms with Gasteiger partial charge < -0.3 is 60.9 Å². The van der Waals surface area contributed by atoms with Crippen molar-refractivity contribution in [2.45, 2.75) is 112 Å². The summed E-state index contributed by atoms with van der Waals surface area (Å²) in [5.74, 6) is -3.01. The molecule has 0 aliphatic carbocycles. The van der Waals surface area contributed by atoms with Gasteiger partial charge in [0.25, 0.3) is 0 Å². The number of nitrogens with zero attached hydrogens (tertiary/aromatic N) is 4. The molecule has 3 aliphatic rings. The molecule has 2 aromatic rings. The number of aliphatic imine (C=N–C) groups is 1. The fraction of sp³-hybridized carbons (Fsp3) is 0.656. The van der Waals surface area contributed by atoms with Gasteiger partial charge in [-0.15, -0.1) is 5.10 Å². The van der Waals surface area contributed by atoms with Gasteiger partial charge in [0.05, 0.1) is 36.8 Å². The van der Waals surface area contributed by atoms with Crippen LogP contribution < -0.4 is 21.5 Å². The number of alkyl halides is 1. The number of rotatable bonds is 18. The van der Waals surface area contributed by atoms with Gasteiger partial charge in [-0.05, 0) is 38.8 Å². The van der Waals surface area contributed by atoms with Crippen LogP contribution in [0.25, 0.3) is 11.3 Å². The number of aliphatic carboxylic acids is 1. The van der Waals surface area contributed by atoms with Crippen molar-refractivity contribution in [2.24, 2.45) is 16.5 Å². The van der Waals surface area contributed by atoms with Crippen LogP contribution in [0.3, 0.4) is 0 Å². The van der Waals surface area contributed by atoms with Crippen molar-refractivity contribution in [3.05, 3.63) is 30.5 Å². The van der Waals surface area contributed by atoms with Crippen LogP contribution in [-0.2, 0) is 49.8 Å². The Morgan fingerprint density at radius 1 is 1.05 bits per heavy atom. The van der Waals surface area contributed by atoms with E-state index in [2.05, 4.69) is 25.3 Å². The van der Waals surface area contributed by atoms with Crippen LogP contribution in [0.2, 0.25) is 0 Å². The van der Waals surface area contributed by atoms with Crippen LogP contribution in [-0.4, -0.2) is 155 Å². The average Bonchev–Trinajstić information content (AvgIpc) is 3.82. The molecule has 1 aromatic heterocycles. The van der Waals surface area contributed by atoms with Crippen LogP contribution >= 0.6 is 0 Å². The van der Waals surface area contributed by atoms with Crippen LogP contribution in [0.15, 0.2) is 40.4 Å². The summed E-state index contributed by atoms with van der Waals surface area (Å²) in [7, 11) is -4.06. The Morgan fingerprint density at radius 3 is 2.40 bits per heavy atom. The number of carboxylic acids is 1. The summed E-state index contributed by atoms with van der Waals surface area (Å²) < 4.78 is 72.3. The van der Waals surface area contributed by atoms with E-state index in [1.165, 1.54) is 28.9 Å². The zero-order chi connectivity index (χ0) is 40.1. The SMILES string of the molecule is CC1(C)O[C@@H]2[C@H](O1)[C@@H](CNS(=O)(=O)c1ccc(-c3cn(CCO[C@@H]4O[C@H](CF)[C@@H](O)[C@H](O)[C@H]4O)nn3)cc1)O[C@@H]2CC(=O)N[C@@H](CCCN=C(N)N)C(=O)O. The molecule has 3 fully saturated rings. The molecule has 0 unspecified atom stereocenters. The summed E-state index contributed by atoms with van der Waals surface area (Å²) in [5, 5.41) is 49.9. The molecular formula is C32H47FN8O13S. The first-order chi connectivity index (χ1) is 26.0. The van der Waals surface area contributed by atoms with E-state index in [4.69, 9.17) is 35.2 Å². The van der Waals surface area contributed by atoms with Gasteiger partial charge in [0, 0.05) is 18.7 Å². The molecule has 21 nitrogen and oxygen atoms in total. The maximum absolute atomic E-state index is 13.3. The van der Waals surface area contributed by atoms with E-state index >= 15 is 0 Å². The van der Waals surface area contributed by atoms with E-state index in [9.17, 15) is 42.8 Å². The monoisotopic (exact) mass is 802 g/mol. The third-order valence-electron chi connectivity index (χ3n) is 9.11. The predicted molar refractivity (Wildman–Crippen MR) is 186 cm³/mol. The first kappa shape index (κ1) is 42.2. The molecule has 23 heteroatoms. The van der Waals surface area contributed by atoms with Gasteiger partial charge in [0.2, 0.25) is 15.9 Å². The molecule has 1 aromatic carbocycles. The number of halogens is 1. The lowest BCUT2D eigenvalue weighted by Gasteiger charge is -2.39. The number of guanidine groups is 1. The molecule has 55 heavy (non-hydrogen) atoms. The number of amides is 1. The van der Waals surface area contributed by atoms with Gasteiger partial charge in [-0.1, -0.05) is 17.3 Å². The van der Waals surface area contributed by atoms with Crippen molar-refractivity contribution >= 4 is 27.9 Å². The third kappa shape index (κ3) is 10.7. The Kier molecular flexibility index (Phi) is 13.8. The largest absolute Gasteiger partial charge is 0.480 e. The van der Waals surface area contributed by atoms with Crippen LogP contribution in [0.4, 0.5) is 4.39 Å². The Balaban J connectivity index is 1.13. The number of benzene rings is 1. The highest BCUT2D eigenvalue weighted by Crippen LogP contribution is 2.39. The number of sulfonamides is 1. The lowest BCUT2D eigenvalue weighted by atomic mass is 10.00. The summed E-state index contributed by atoms with van der Waals surface area (Å²) in [6.45, 7) is 2.29. The van der Waals surface area contributed by atoms with Gasteiger partial charge in [-0.25, -0.2) is 27.0 Å². The topological polar surface area (TPSA) is 315 Å². The lowest BCUT2D eigenvalue weighted by molar-refractivity contribution is -0.298. The van der Waals surface area contributed by atoms with Crippen LogP contribution in [0.5, 0.6) is 0 Å². The molecule has 0 bridgehead atoms. The normalized spacial score (nSPS) is 29.4. The first-order valence-electron chi connectivity index (χ1n) is 17.4. The summed E-state index contributed by atoms with van der Waals surface area (Å²) >= 11 is 0. The van der Waals surface area contributed by atoms with Crippen molar-refractivity contribution in [3.63, 3.8) is 0 Å².